The van der Waals surface area contributed by atoms with Crippen molar-refractivity contribution in [1.29, 1.82) is 0 Å². The van der Waals surface area contributed by atoms with Crippen LogP contribution in [-0.4, -0.2) is 65.2 Å². The summed E-state index contributed by atoms with van der Waals surface area (Å²) in [7, 11) is 1.60. The highest BCUT2D eigenvalue weighted by Crippen LogP contribution is 2.38. The van der Waals surface area contributed by atoms with Gasteiger partial charge in [0, 0.05) is 29.1 Å². The topological polar surface area (TPSA) is 65.9 Å². The Kier molecular flexibility index (Phi) is 8.88. The van der Waals surface area contributed by atoms with Crippen molar-refractivity contribution in [1.82, 2.24) is 14.8 Å². The monoisotopic (exact) mass is 573 g/mol. The minimum Gasteiger partial charge on any atom is -0.495 e. The van der Waals surface area contributed by atoms with E-state index in [1.807, 2.05) is 36.4 Å². The molecule has 0 saturated carbocycles. The van der Waals surface area contributed by atoms with Gasteiger partial charge in [0.1, 0.15) is 5.75 Å². The zero-order valence-corrected chi connectivity index (χ0v) is 23.0. The first-order valence-electron chi connectivity index (χ1n) is 12.5. The maximum absolute atomic E-state index is 12.7. The van der Waals surface area contributed by atoms with Crippen LogP contribution < -0.4 is 4.74 Å². The number of methoxy groups -OCH3 is 1. The van der Waals surface area contributed by atoms with Crippen LogP contribution >= 0.6 is 28.3 Å². The second-order valence-corrected chi connectivity index (χ2v) is 10.4. The first-order valence-corrected chi connectivity index (χ1v) is 13.3. The molecule has 1 aromatic heterocycles. The minimum absolute atomic E-state index is 0. The van der Waals surface area contributed by atoms with E-state index in [1.165, 1.54) is 32.4 Å². The van der Waals surface area contributed by atoms with Crippen LogP contribution in [0.1, 0.15) is 48.0 Å². The average Bonchev–Trinajstić information content (AvgIpc) is 2.90. The number of carbonyl (C=O) groups is 1. The van der Waals surface area contributed by atoms with Crippen LogP contribution in [-0.2, 0) is 6.54 Å². The molecule has 8 heteroatoms. The second-order valence-electron chi connectivity index (χ2n) is 9.57. The zero-order chi connectivity index (χ0) is 24.4. The number of carboxylic acids is 1. The van der Waals surface area contributed by atoms with Crippen LogP contribution in [0.25, 0.3) is 22.2 Å². The molecule has 2 fully saturated rings. The molecule has 2 saturated heterocycles. The number of nitrogens with zero attached hydrogens (tertiary/aromatic N) is 3. The van der Waals surface area contributed by atoms with Crippen molar-refractivity contribution >= 4 is 45.2 Å². The molecule has 3 heterocycles. The van der Waals surface area contributed by atoms with E-state index >= 15 is 0 Å². The third-order valence-corrected chi connectivity index (χ3v) is 8.25. The first kappa shape index (κ1) is 26.9. The van der Waals surface area contributed by atoms with Gasteiger partial charge in [-0.05, 0) is 79.9 Å². The van der Waals surface area contributed by atoms with E-state index in [2.05, 4.69) is 25.7 Å². The van der Waals surface area contributed by atoms with Crippen LogP contribution in [0.3, 0.4) is 0 Å². The highest BCUT2D eigenvalue weighted by Gasteiger charge is 2.29. The normalized spacial score (nSPS) is 17.6. The molecule has 1 N–H and O–H groups in total. The van der Waals surface area contributed by atoms with Crippen LogP contribution in [0.15, 0.2) is 46.9 Å². The molecule has 2 aromatic carbocycles. The van der Waals surface area contributed by atoms with Gasteiger partial charge in [-0.3, -0.25) is 4.90 Å². The smallest absolute Gasteiger partial charge is 0.336 e. The molecule has 0 radical (unpaired) electrons. The molecule has 0 spiro atoms. The number of ether oxygens (including phenoxy) is 1. The molecule has 0 aliphatic carbocycles. The van der Waals surface area contributed by atoms with Gasteiger partial charge in [-0.2, -0.15) is 0 Å². The molecule has 2 aliphatic heterocycles. The van der Waals surface area contributed by atoms with Gasteiger partial charge in [0.05, 0.1) is 28.4 Å². The van der Waals surface area contributed by atoms with Crippen molar-refractivity contribution < 1.29 is 14.6 Å². The van der Waals surface area contributed by atoms with E-state index in [1.54, 1.807) is 13.2 Å². The highest BCUT2D eigenvalue weighted by atomic mass is 79.9. The summed E-state index contributed by atoms with van der Waals surface area (Å²) < 4.78 is 6.14. The summed E-state index contributed by atoms with van der Waals surface area (Å²) in [5, 5.41) is 11.0. The summed E-state index contributed by atoms with van der Waals surface area (Å²) in [4.78, 5) is 22.8. The van der Waals surface area contributed by atoms with Crippen molar-refractivity contribution in [3.63, 3.8) is 0 Å². The molecule has 6 nitrogen and oxygen atoms in total. The second kappa shape index (κ2) is 11.9. The van der Waals surface area contributed by atoms with E-state index in [9.17, 15) is 9.90 Å². The van der Waals surface area contributed by atoms with Crippen molar-refractivity contribution in [3.05, 3.63) is 58.1 Å². The third-order valence-electron chi connectivity index (χ3n) is 7.49. The predicted molar refractivity (Wildman–Crippen MR) is 149 cm³/mol. The van der Waals surface area contributed by atoms with Gasteiger partial charge >= 0.3 is 5.97 Å². The Morgan fingerprint density at radius 2 is 1.75 bits per heavy atom. The maximum atomic E-state index is 12.7. The number of fused-ring (bicyclic) bond motifs is 1. The Morgan fingerprint density at radius 3 is 2.39 bits per heavy atom. The Labute approximate surface area is 227 Å². The Morgan fingerprint density at radius 1 is 1.06 bits per heavy atom. The Balaban J connectivity index is 0.00000304. The average molecular weight is 575 g/mol. The van der Waals surface area contributed by atoms with Gasteiger partial charge in [0.15, 0.2) is 0 Å². The van der Waals surface area contributed by atoms with E-state index in [4.69, 9.17) is 9.72 Å². The summed E-state index contributed by atoms with van der Waals surface area (Å²) in [6.45, 7) is 4.96. The summed E-state index contributed by atoms with van der Waals surface area (Å²) in [5.74, 6) is -0.294. The summed E-state index contributed by atoms with van der Waals surface area (Å²) in [5.41, 5.74) is 3.36. The summed E-state index contributed by atoms with van der Waals surface area (Å²) >= 11 is 3.60. The van der Waals surface area contributed by atoms with Gasteiger partial charge in [-0.25, -0.2) is 9.78 Å². The number of hydrogen-bond donors (Lipinski definition) is 1. The number of benzene rings is 2. The lowest BCUT2D eigenvalue weighted by atomic mass is 9.94. The number of aromatic carboxylic acids is 1. The molecule has 3 aromatic rings. The quantitative estimate of drug-likeness (QED) is 0.376. The molecule has 192 valence electrons. The van der Waals surface area contributed by atoms with Crippen molar-refractivity contribution in [2.24, 2.45) is 0 Å². The highest BCUT2D eigenvalue weighted by molar-refractivity contribution is 9.10. The van der Waals surface area contributed by atoms with Crippen LogP contribution in [0.4, 0.5) is 0 Å². The van der Waals surface area contributed by atoms with Gasteiger partial charge in [0.25, 0.3) is 0 Å². The fourth-order valence-electron chi connectivity index (χ4n) is 5.66. The number of halogens is 2. The summed E-state index contributed by atoms with van der Waals surface area (Å²) in [6, 6.07) is 14.2. The molecular formula is C28H33BrClN3O3. The number of rotatable bonds is 6. The lowest BCUT2D eigenvalue weighted by Crippen LogP contribution is -2.46. The van der Waals surface area contributed by atoms with Gasteiger partial charge in [-0.1, -0.05) is 36.8 Å². The number of piperidine rings is 2. The summed E-state index contributed by atoms with van der Waals surface area (Å²) in [6.07, 6.45) is 6.24. The number of likely N-dealkylation sites (tertiary alicyclic amines) is 2. The molecule has 0 unspecified atom stereocenters. The Bertz CT molecular complexity index is 1210. The van der Waals surface area contributed by atoms with E-state index in [0.717, 1.165) is 42.8 Å². The number of carboxylic acid groups (broad SMARTS) is 1. The molecule has 0 atom stereocenters. The molecule has 2 aliphatic rings. The SMILES string of the molecule is COc1ccc2c(C(=O)O)c(CN3CCC(N4CCCCC4)CC3)c(-c3ccccc3)nc2c1Br.Cl. The van der Waals surface area contributed by atoms with Crippen LogP contribution in [0.2, 0.25) is 0 Å². The number of aromatic nitrogens is 1. The molecule has 5 rings (SSSR count). The van der Waals surface area contributed by atoms with E-state index in [-0.39, 0.29) is 12.4 Å². The lowest BCUT2D eigenvalue weighted by Gasteiger charge is -2.40. The van der Waals surface area contributed by atoms with Crippen LogP contribution in [0, 0.1) is 0 Å². The third kappa shape index (κ3) is 5.40. The largest absolute Gasteiger partial charge is 0.495 e. The maximum Gasteiger partial charge on any atom is 0.336 e. The van der Waals surface area contributed by atoms with Crippen molar-refractivity contribution in [3.8, 4) is 17.0 Å². The fourth-order valence-corrected chi connectivity index (χ4v) is 6.25. The first-order chi connectivity index (χ1) is 17.1. The molecule has 0 amide bonds. The molecule has 0 bridgehead atoms. The lowest BCUT2D eigenvalue weighted by molar-refractivity contribution is 0.0692. The van der Waals surface area contributed by atoms with E-state index in [0.29, 0.717) is 39.3 Å². The van der Waals surface area contributed by atoms with Crippen LogP contribution in [0.5, 0.6) is 5.75 Å². The standard InChI is InChI=1S/C28H32BrN3O3.ClH/c1-35-23-11-10-21-24(28(33)34)22(26(30-27(21)25(23)29)19-8-4-2-5-9-19)18-31-16-12-20(13-17-31)32-14-6-3-7-15-32;/h2,4-5,8-11,20H,3,6-7,12-18H2,1H3,(H,33,34);1H. The zero-order valence-electron chi connectivity index (χ0n) is 20.6. The minimum atomic E-state index is -0.926. The Hall–Kier alpha value is -2.19. The van der Waals surface area contributed by atoms with Crippen molar-refractivity contribution in [2.45, 2.75) is 44.7 Å². The van der Waals surface area contributed by atoms with Gasteiger partial charge in [0.2, 0.25) is 0 Å². The predicted octanol–water partition coefficient (Wildman–Crippen LogP) is 6.24. The number of hydrogen-bond acceptors (Lipinski definition) is 5. The molecular weight excluding hydrogens is 542 g/mol. The van der Waals surface area contributed by atoms with Crippen molar-refractivity contribution in [2.75, 3.05) is 33.3 Å². The fraction of sp³-hybridized carbons (Fsp3) is 0.429. The van der Waals surface area contributed by atoms with Gasteiger partial charge in [-0.15, -0.1) is 12.4 Å². The molecule has 36 heavy (non-hydrogen) atoms. The number of pyridine rings is 1. The van der Waals surface area contributed by atoms with Gasteiger partial charge < -0.3 is 14.7 Å². The van der Waals surface area contributed by atoms with E-state index < -0.39 is 5.97 Å².